The maximum Gasteiger partial charge on any atom is 0.315 e. The van der Waals surface area contributed by atoms with Gasteiger partial charge in [-0.3, -0.25) is 19.2 Å². The summed E-state index contributed by atoms with van der Waals surface area (Å²) in [5.74, 6) is -2.57. The second-order valence-electron chi connectivity index (χ2n) is 11.6. The molecule has 13 nitrogen and oxygen atoms in total. The Kier molecular flexibility index (Phi) is 11.5. The van der Waals surface area contributed by atoms with E-state index in [1.165, 1.54) is 26.6 Å². The number of amides is 5. The Balaban J connectivity index is 1.62. The minimum absolute atomic E-state index is 0.0347. The van der Waals surface area contributed by atoms with E-state index >= 15 is 0 Å². The lowest BCUT2D eigenvalue weighted by Gasteiger charge is -2.35. The summed E-state index contributed by atoms with van der Waals surface area (Å²) in [6.45, 7) is 11.5. The van der Waals surface area contributed by atoms with Gasteiger partial charge in [0.1, 0.15) is 12.1 Å². The molecule has 1 fully saturated rings. The van der Waals surface area contributed by atoms with E-state index < -0.39 is 63.1 Å². The van der Waals surface area contributed by atoms with E-state index in [9.17, 15) is 32.4 Å². The van der Waals surface area contributed by atoms with E-state index in [-0.39, 0.29) is 39.1 Å². The molecule has 0 radical (unpaired) electrons. The summed E-state index contributed by atoms with van der Waals surface area (Å²) in [4.78, 5) is 67.3. The molecule has 0 bridgehead atoms. The summed E-state index contributed by atoms with van der Waals surface area (Å²) in [5.41, 5.74) is -0.728. The summed E-state index contributed by atoms with van der Waals surface area (Å²) < 4.78 is 26.6. The zero-order valence-corrected chi connectivity index (χ0v) is 26.7. The van der Waals surface area contributed by atoms with Crippen molar-refractivity contribution in [3.8, 4) is 0 Å². The van der Waals surface area contributed by atoms with Crippen LogP contribution in [0.3, 0.4) is 0 Å². The highest BCUT2D eigenvalue weighted by Gasteiger charge is 2.43. The van der Waals surface area contributed by atoms with Crippen LogP contribution in [0.25, 0.3) is 0 Å². The molecule has 0 aromatic carbocycles. The lowest BCUT2D eigenvalue weighted by molar-refractivity contribution is -0.143. The molecule has 2 aliphatic heterocycles. The van der Waals surface area contributed by atoms with Crippen molar-refractivity contribution >= 4 is 50.9 Å². The number of carbonyl (C=O) groups excluding carboxylic acids is 5. The number of urea groups is 1. The fraction of sp³-hybridized carbons (Fsp3) is 0.607. The van der Waals surface area contributed by atoms with Gasteiger partial charge < -0.3 is 26.2 Å². The van der Waals surface area contributed by atoms with Crippen LogP contribution in [0.5, 0.6) is 0 Å². The molecule has 43 heavy (non-hydrogen) atoms. The Morgan fingerprint density at radius 1 is 1.16 bits per heavy atom. The van der Waals surface area contributed by atoms with Crippen molar-refractivity contribution < 1.29 is 32.4 Å². The monoisotopic (exact) mass is 638 g/mol. The van der Waals surface area contributed by atoms with Crippen molar-refractivity contribution in [2.45, 2.75) is 82.9 Å². The fourth-order valence-electron chi connectivity index (χ4n) is 5.09. The molecular formula is C28H42N6O7S2. The molecule has 0 spiro atoms. The average molecular weight is 639 g/mol. The number of thiophene rings is 1. The van der Waals surface area contributed by atoms with Gasteiger partial charge in [0.25, 0.3) is 5.91 Å². The minimum atomic E-state index is -3.59. The standard InChI is InChI=1S/C28H42N6O7S2/c1-6-9-18(22(35)25(37)29-12-7-2)31-24(36)19-10-8-14-34(19)26(38)23(28(3,4)5)32-27(39)30-13-15-33-17-20-21(11-16-42-20)43(33,40)41/h7,11,16,18-19,23H,2,6,8-10,12-15,17H2,1,3-5H3,(H,29,37)(H,31,36)(H2,30,32,39)/t18?,19-,23+/m0/s1. The maximum absolute atomic E-state index is 13.8. The summed E-state index contributed by atoms with van der Waals surface area (Å²) in [7, 11) is -3.59. The Morgan fingerprint density at radius 3 is 2.51 bits per heavy atom. The lowest BCUT2D eigenvalue weighted by atomic mass is 9.85. The van der Waals surface area contributed by atoms with Crippen LogP contribution in [0.4, 0.5) is 4.79 Å². The summed E-state index contributed by atoms with van der Waals surface area (Å²) in [6, 6.07) is -1.97. The van der Waals surface area contributed by atoms with Crippen LogP contribution in [-0.2, 0) is 35.7 Å². The fourth-order valence-corrected chi connectivity index (χ4v) is 8.00. The van der Waals surface area contributed by atoms with Crippen molar-refractivity contribution in [1.82, 2.24) is 30.5 Å². The van der Waals surface area contributed by atoms with Crippen LogP contribution in [0, 0.1) is 5.41 Å². The van der Waals surface area contributed by atoms with Crippen molar-refractivity contribution in [1.29, 1.82) is 0 Å². The molecule has 1 aromatic heterocycles. The third-order valence-corrected chi connectivity index (χ3v) is 10.3. The Bertz CT molecular complexity index is 1340. The lowest BCUT2D eigenvalue weighted by Crippen LogP contribution is -2.60. The molecule has 15 heteroatoms. The van der Waals surface area contributed by atoms with Crippen molar-refractivity contribution in [3.05, 3.63) is 29.0 Å². The molecule has 1 saturated heterocycles. The number of fused-ring (bicyclic) bond motifs is 1. The van der Waals surface area contributed by atoms with E-state index in [1.807, 2.05) is 6.92 Å². The number of rotatable bonds is 13. The van der Waals surface area contributed by atoms with Gasteiger partial charge in [0.15, 0.2) is 0 Å². The van der Waals surface area contributed by atoms with Crippen LogP contribution in [-0.4, -0.2) is 91.5 Å². The van der Waals surface area contributed by atoms with Gasteiger partial charge in [-0.05, 0) is 36.1 Å². The maximum atomic E-state index is 13.8. The van der Waals surface area contributed by atoms with Gasteiger partial charge in [-0.2, -0.15) is 4.31 Å². The van der Waals surface area contributed by atoms with Crippen molar-refractivity contribution in [2.24, 2.45) is 5.41 Å². The minimum Gasteiger partial charge on any atom is -0.346 e. The highest BCUT2D eigenvalue weighted by atomic mass is 32.2. The zero-order valence-electron chi connectivity index (χ0n) is 25.1. The van der Waals surface area contributed by atoms with E-state index in [0.717, 1.165) is 4.88 Å². The number of nitrogens with one attached hydrogen (secondary N) is 4. The van der Waals surface area contributed by atoms with Crippen molar-refractivity contribution in [2.75, 3.05) is 26.2 Å². The first-order valence-corrected chi connectivity index (χ1v) is 16.7. The largest absolute Gasteiger partial charge is 0.346 e. The number of likely N-dealkylation sites (tertiary alicyclic amines) is 1. The predicted octanol–water partition coefficient (Wildman–Crippen LogP) is 1.11. The van der Waals surface area contributed by atoms with E-state index in [1.54, 1.807) is 32.2 Å². The van der Waals surface area contributed by atoms with Gasteiger partial charge in [0.2, 0.25) is 27.6 Å². The SMILES string of the molecule is C=CCNC(=O)C(=O)C(CCC)NC(=O)[C@@H]1CCCN1C(=O)[C@@H](NC(=O)NCCN1Cc2sccc2S1(=O)=O)C(C)(C)C. The first kappa shape index (κ1) is 34.2. The molecule has 1 unspecified atom stereocenters. The van der Waals surface area contributed by atoms with Gasteiger partial charge in [-0.15, -0.1) is 17.9 Å². The van der Waals surface area contributed by atoms with Gasteiger partial charge in [0, 0.05) is 37.6 Å². The quantitative estimate of drug-likeness (QED) is 0.185. The number of hydrogen-bond donors (Lipinski definition) is 4. The Labute approximate surface area is 256 Å². The van der Waals surface area contributed by atoms with E-state index in [0.29, 0.717) is 24.2 Å². The molecule has 2 aliphatic rings. The first-order chi connectivity index (χ1) is 20.2. The molecule has 5 amide bonds. The highest BCUT2D eigenvalue weighted by molar-refractivity contribution is 7.89. The molecule has 238 valence electrons. The van der Waals surface area contributed by atoms with Gasteiger partial charge in [-0.1, -0.05) is 40.2 Å². The Hall–Kier alpha value is -3.30. The number of carbonyl (C=O) groups is 5. The van der Waals surface area contributed by atoms with Crippen LogP contribution in [0.1, 0.15) is 58.3 Å². The summed E-state index contributed by atoms with van der Waals surface area (Å²) >= 11 is 1.37. The number of Topliss-reactive ketones (excluding diaryl/α,β-unsaturated/α-hetero) is 1. The first-order valence-electron chi connectivity index (χ1n) is 14.4. The number of hydrogen-bond acceptors (Lipinski definition) is 8. The molecule has 3 rings (SSSR count). The van der Waals surface area contributed by atoms with Gasteiger partial charge in [-0.25, -0.2) is 13.2 Å². The number of ketones is 1. The molecule has 3 atom stereocenters. The van der Waals surface area contributed by atoms with Crippen LogP contribution in [0.2, 0.25) is 0 Å². The van der Waals surface area contributed by atoms with Crippen LogP contribution < -0.4 is 21.3 Å². The van der Waals surface area contributed by atoms with Gasteiger partial charge >= 0.3 is 6.03 Å². The highest BCUT2D eigenvalue weighted by Crippen LogP contribution is 2.33. The number of nitrogens with zero attached hydrogens (tertiary/aromatic N) is 2. The van der Waals surface area contributed by atoms with Crippen LogP contribution in [0.15, 0.2) is 29.0 Å². The topological polar surface area (TPSA) is 174 Å². The molecular weight excluding hydrogens is 596 g/mol. The third kappa shape index (κ3) is 8.21. The zero-order chi connectivity index (χ0) is 31.9. The molecule has 0 saturated carbocycles. The Morgan fingerprint density at radius 2 is 1.88 bits per heavy atom. The van der Waals surface area contributed by atoms with E-state index in [2.05, 4.69) is 27.8 Å². The summed E-state index contributed by atoms with van der Waals surface area (Å²) in [5, 5.41) is 12.2. The molecule has 4 N–H and O–H groups in total. The molecule has 3 heterocycles. The molecule has 1 aromatic rings. The van der Waals surface area contributed by atoms with E-state index in [4.69, 9.17) is 0 Å². The predicted molar refractivity (Wildman–Crippen MR) is 161 cm³/mol. The molecule has 0 aliphatic carbocycles. The second kappa shape index (κ2) is 14.4. The van der Waals surface area contributed by atoms with Gasteiger partial charge in [0.05, 0.1) is 10.9 Å². The normalized spacial score (nSPS) is 19.2. The van der Waals surface area contributed by atoms with Crippen molar-refractivity contribution in [3.63, 3.8) is 0 Å². The average Bonchev–Trinajstić information content (AvgIpc) is 3.67. The number of sulfonamides is 1. The second-order valence-corrected chi connectivity index (χ2v) is 14.6. The summed E-state index contributed by atoms with van der Waals surface area (Å²) in [6.07, 6.45) is 3.16. The smallest absolute Gasteiger partial charge is 0.315 e. The third-order valence-electron chi connectivity index (χ3n) is 7.36. The van der Waals surface area contributed by atoms with Crippen LogP contribution >= 0.6 is 11.3 Å².